The second-order valence-corrected chi connectivity index (χ2v) is 7.46. The molecule has 0 aliphatic heterocycles. The summed E-state index contributed by atoms with van der Waals surface area (Å²) in [6, 6.07) is 19.0. The van der Waals surface area contributed by atoms with Gasteiger partial charge in [0.2, 0.25) is 11.4 Å². The highest BCUT2D eigenvalue weighted by molar-refractivity contribution is 6.08. The van der Waals surface area contributed by atoms with Gasteiger partial charge in [0.05, 0.1) is 5.56 Å². The smallest absolute Gasteiger partial charge is 0.227 e. The number of fused-ring (bicyclic) bond motifs is 3. The van der Waals surface area contributed by atoms with Gasteiger partial charge in [0, 0.05) is 28.1 Å². The molecule has 3 aromatic heterocycles. The minimum atomic E-state index is -0.231. The molecule has 0 saturated heterocycles. The average Bonchev–Trinajstić information content (AvgIpc) is 3.06. The van der Waals surface area contributed by atoms with Gasteiger partial charge in [0.1, 0.15) is 12.9 Å². The van der Waals surface area contributed by atoms with Gasteiger partial charge in [-0.25, -0.2) is 13.9 Å². The molecule has 0 fully saturated rings. The van der Waals surface area contributed by atoms with Crippen LogP contribution in [0.25, 0.3) is 44.5 Å². The van der Waals surface area contributed by atoms with Gasteiger partial charge in [-0.15, -0.1) is 0 Å². The maximum Gasteiger partial charge on any atom is 0.227 e. The van der Waals surface area contributed by atoms with E-state index in [1.807, 2.05) is 20.0 Å². The zero-order chi connectivity index (χ0) is 20.1. The zero-order valence-electron chi connectivity index (χ0n) is 16.5. The van der Waals surface area contributed by atoms with E-state index in [0.717, 1.165) is 50.0 Å². The molecule has 0 aliphatic carbocycles. The first-order valence-electron chi connectivity index (χ1n) is 9.57. The van der Waals surface area contributed by atoms with Crippen LogP contribution in [0.3, 0.4) is 0 Å². The molecule has 3 nitrogen and oxygen atoms in total. The van der Waals surface area contributed by atoms with E-state index in [1.54, 1.807) is 12.1 Å². The molecule has 2 aromatic carbocycles. The summed E-state index contributed by atoms with van der Waals surface area (Å²) in [7, 11) is 2.02. The highest BCUT2D eigenvalue weighted by Crippen LogP contribution is 2.36. The summed E-state index contributed by atoms with van der Waals surface area (Å²) < 4.78 is 21.6. The highest BCUT2D eigenvalue weighted by atomic mass is 19.1. The Kier molecular flexibility index (Phi) is 3.95. The Hall–Kier alpha value is -3.53. The van der Waals surface area contributed by atoms with Crippen LogP contribution < -0.4 is 4.57 Å². The molecule has 5 aromatic rings. The first-order chi connectivity index (χ1) is 14.0. The molecule has 29 heavy (non-hydrogen) atoms. The van der Waals surface area contributed by atoms with E-state index >= 15 is 0 Å². The van der Waals surface area contributed by atoms with Crippen LogP contribution in [0.5, 0.6) is 0 Å². The van der Waals surface area contributed by atoms with Gasteiger partial charge >= 0.3 is 0 Å². The molecule has 142 valence electrons. The number of furan rings is 1. The molecular formula is C25H20FN2O+. The van der Waals surface area contributed by atoms with E-state index in [4.69, 9.17) is 4.42 Å². The first kappa shape index (κ1) is 17.6. The Labute approximate surface area is 168 Å². The minimum absolute atomic E-state index is 0.231. The standard InChI is InChI=1S/C25H20FN2O/c1-15-4-11-20-21-12-5-16(2)27-25(21)29-24(20)23(15)22-13-8-18(14-28(22)3)17-6-9-19(26)10-7-17/h4-14H,1-3H3/q+1. The van der Waals surface area contributed by atoms with Crippen LogP contribution in [0, 0.1) is 19.7 Å². The molecule has 0 N–H and O–H groups in total. The van der Waals surface area contributed by atoms with Crippen LogP contribution in [0.4, 0.5) is 4.39 Å². The largest absolute Gasteiger partial charge is 0.437 e. The maximum absolute atomic E-state index is 13.3. The van der Waals surface area contributed by atoms with Crippen molar-refractivity contribution in [2.45, 2.75) is 13.8 Å². The molecule has 0 bridgehead atoms. The van der Waals surface area contributed by atoms with Crippen molar-refractivity contribution in [1.82, 2.24) is 4.98 Å². The van der Waals surface area contributed by atoms with Gasteiger partial charge < -0.3 is 4.42 Å². The molecule has 3 heterocycles. The van der Waals surface area contributed by atoms with E-state index in [2.05, 4.69) is 53.0 Å². The van der Waals surface area contributed by atoms with E-state index < -0.39 is 0 Å². The highest BCUT2D eigenvalue weighted by Gasteiger charge is 2.21. The number of hydrogen-bond donors (Lipinski definition) is 0. The topological polar surface area (TPSA) is 29.9 Å². The summed E-state index contributed by atoms with van der Waals surface area (Å²) in [6.07, 6.45) is 2.06. The third kappa shape index (κ3) is 2.88. The van der Waals surface area contributed by atoms with Crippen molar-refractivity contribution in [3.63, 3.8) is 0 Å². The Morgan fingerprint density at radius 1 is 0.828 bits per heavy atom. The number of halogens is 1. The van der Waals surface area contributed by atoms with Gasteiger partial charge in [-0.3, -0.25) is 0 Å². The van der Waals surface area contributed by atoms with Crippen molar-refractivity contribution < 1.29 is 13.4 Å². The third-order valence-corrected chi connectivity index (χ3v) is 5.42. The summed E-state index contributed by atoms with van der Waals surface area (Å²) in [4.78, 5) is 4.56. The van der Waals surface area contributed by atoms with Gasteiger partial charge in [0.15, 0.2) is 11.8 Å². The molecule has 0 unspecified atom stereocenters. The molecule has 5 rings (SSSR count). The van der Waals surface area contributed by atoms with Gasteiger partial charge in [-0.2, -0.15) is 0 Å². The Morgan fingerprint density at radius 3 is 2.31 bits per heavy atom. The molecule has 0 aliphatic rings. The summed E-state index contributed by atoms with van der Waals surface area (Å²) in [5.41, 5.74) is 7.71. The van der Waals surface area contributed by atoms with Crippen molar-refractivity contribution in [1.29, 1.82) is 0 Å². The summed E-state index contributed by atoms with van der Waals surface area (Å²) in [5.74, 6) is -0.231. The van der Waals surface area contributed by atoms with Crippen LogP contribution in [0.1, 0.15) is 11.3 Å². The minimum Gasteiger partial charge on any atom is -0.437 e. The monoisotopic (exact) mass is 383 g/mol. The van der Waals surface area contributed by atoms with Crippen molar-refractivity contribution in [2.24, 2.45) is 7.05 Å². The fourth-order valence-corrected chi connectivity index (χ4v) is 3.91. The number of benzene rings is 2. The van der Waals surface area contributed by atoms with Crippen molar-refractivity contribution in [3.8, 4) is 22.4 Å². The predicted molar refractivity (Wildman–Crippen MR) is 113 cm³/mol. The van der Waals surface area contributed by atoms with Gasteiger partial charge in [-0.1, -0.05) is 24.3 Å². The number of aryl methyl sites for hydroxylation is 3. The number of rotatable bonds is 2. The Bertz CT molecular complexity index is 1380. The summed E-state index contributed by atoms with van der Waals surface area (Å²) >= 11 is 0. The van der Waals surface area contributed by atoms with Crippen molar-refractivity contribution in [3.05, 3.63) is 83.9 Å². The predicted octanol–water partition coefficient (Wildman–Crippen LogP) is 5.90. The van der Waals surface area contributed by atoms with Crippen LogP contribution >= 0.6 is 0 Å². The molecule has 0 saturated carbocycles. The first-order valence-corrected chi connectivity index (χ1v) is 9.57. The number of aromatic nitrogens is 2. The molecule has 0 amide bonds. The molecule has 0 spiro atoms. The summed E-state index contributed by atoms with van der Waals surface area (Å²) in [6.45, 7) is 4.06. The average molecular weight is 383 g/mol. The Morgan fingerprint density at radius 2 is 1.55 bits per heavy atom. The lowest BCUT2D eigenvalue weighted by Crippen LogP contribution is -2.31. The van der Waals surface area contributed by atoms with Crippen LogP contribution in [0.2, 0.25) is 0 Å². The zero-order valence-corrected chi connectivity index (χ0v) is 16.5. The van der Waals surface area contributed by atoms with Crippen molar-refractivity contribution >= 4 is 22.1 Å². The summed E-state index contributed by atoms with van der Waals surface area (Å²) in [5, 5.41) is 2.09. The lowest BCUT2D eigenvalue weighted by atomic mass is 9.99. The SMILES string of the molecule is Cc1ccc2c(n1)oc1c(-c3ccc(-c4ccc(F)cc4)c[n+]3C)c(C)ccc12. The number of hydrogen-bond acceptors (Lipinski definition) is 2. The molecular weight excluding hydrogens is 363 g/mol. The normalized spacial score (nSPS) is 11.4. The quantitative estimate of drug-likeness (QED) is 0.356. The van der Waals surface area contributed by atoms with Crippen molar-refractivity contribution in [2.75, 3.05) is 0 Å². The van der Waals surface area contributed by atoms with Crippen LogP contribution in [0.15, 0.2) is 71.3 Å². The van der Waals surface area contributed by atoms with Crippen LogP contribution in [-0.4, -0.2) is 4.98 Å². The fraction of sp³-hybridized carbons (Fsp3) is 0.120. The second-order valence-electron chi connectivity index (χ2n) is 7.46. The molecule has 0 radical (unpaired) electrons. The van der Waals surface area contributed by atoms with E-state index in [1.165, 1.54) is 12.1 Å². The maximum atomic E-state index is 13.3. The second kappa shape index (κ2) is 6.52. The van der Waals surface area contributed by atoms with E-state index in [-0.39, 0.29) is 5.82 Å². The molecule has 4 heteroatoms. The Balaban J connectivity index is 1.71. The number of nitrogens with zero attached hydrogens (tertiary/aromatic N) is 2. The van der Waals surface area contributed by atoms with Gasteiger partial charge in [0.25, 0.3) is 0 Å². The third-order valence-electron chi connectivity index (χ3n) is 5.42. The van der Waals surface area contributed by atoms with Gasteiger partial charge in [-0.05, 0) is 55.3 Å². The lowest BCUT2D eigenvalue weighted by molar-refractivity contribution is -0.659. The number of pyridine rings is 2. The van der Waals surface area contributed by atoms with Crippen LogP contribution in [-0.2, 0) is 7.05 Å². The fourth-order valence-electron chi connectivity index (χ4n) is 3.91. The van der Waals surface area contributed by atoms with E-state index in [0.29, 0.717) is 5.71 Å². The lowest BCUT2D eigenvalue weighted by Gasteiger charge is -2.07. The molecule has 0 atom stereocenters. The van der Waals surface area contributed by atoms with E-state index in [9.17, 15) is 4.39 Å².